The first-order valence-electron chi connectivity index (χ1n) is 11.6. The Morgan fingerprint density at radius 1 is 1.22 bits per heavy atom. The van der Waals surface area contributed by atoms with Crippen molar-refractivity contribution in [1.29, 1.82) is 0 Å². The molecule has 2 N–H and O–H groups in total. The molecule has 3 rings (SSSR count). The predicted octanol–water partition coefficient (Wildman–Crippen LogP) is 5.57. The number of Topliss-reactive ketones (excluding diaryl/α,β-unsaturated/α-hetero) is 1. The largest absolute Gasteiger partial charge is 0.507 e. The Balaban J connectivity index is 1.86. The molecule has 1 aromatic rings. The van der Waals surface area contributed by atoms with Gasteiger partial charge in [-0.05, 0) is 44.4 Å². The van der Waals surface area contributed by atoms with Gasteiger partial charge >= 0.3 is 5.97 Å². The molecule has 0 heterocycles. The third-order valence-electron chi connectivity index (χ3n) is 6.61. The van der Waals surface area contributed by atoms with Gasteiger partial charge in [-0.3, -0.25) is 9.59 Å². The zero-order chi connectivity index (χ0) is 23.3. The topological polar surface area (TPSA) is 93.1 Å². The Bertz CT molecular complexity index is 909. The van der Waals surface area contributed by atoms with Crippen molar-refractivity contribution >= 4 is 11.8 Å². The lowest BCUT2D eigenvalue weighted by Gasteiger charge is -2.38. The summed E-state index contributed by atoms with van der Waals surface area (Å²) >= 11 is 0. The highest BCUT2D eigenvalue weighted by atomic mass is 16.5. The average molecular weight is 443 g/mol. The quantitative estimate of drug-likeness (QED) is 0.363. The molecule has 2 atom stereocenters. The maximum atomic E-state index is 12.8. The van der Waals surface area contributed by atoms with Crippen LogP contribution in [0.4, 0.5) is 0 Å². The van der Waals surface area contributed by atoms with E-state index in [-0.39, 0.29) is 11.5 Å². The number of rotatable bonds is 10. The average Bonchev–Trinajstić information content (AvgIpc) is 3.25. The van der Waals surface area contributed by atoms with Gasteiger partial charge in [0.1, 0.15) is 23.2 Å². The third kappa shape index (κ3) is 5.00. The zero-order valence-corrected chi connectivity index (χ0v) is 19.2. The van der Waals surface area contributed by atoms with Gasteiger partial charge in [-0.15, -0.1) is 0 Å². The molecule has 6 nitrogen and oxygen atoms in total. The molecule has 1 aromatic carbocycles. The molecule has 0 amide bonds. The summed E-state index contributed by atoms with van der Waals surface area (Å²) in [6.45, 7) is 5.87. The molecular weight excluding hydrogens is 408 g/mol. The smallest absolute Gasteiger partial charge is 0.314 e. The Morgan fingerprint density at radius 3 is 2.59 bits per heavy atom. The van der Waals surface area contributed by atoms with Gasteiger partial charge in [0.25, 0.3) is 0 Å². The summed E-state index contributed by atoms with van der Waals surface area (Å²) in [6.07, 6.45) is 11.6. The Labute approximate surface area is 189 Å². The van der Waals surface area contributed by atoms with E-state index in [1.807, 2.05) is 0 Å². The van der Waals surface area contributed by atoms with Crippen molar-refractivity contribution in [2.24, 2.45) is 11.8 Å². The van der Waals surface area contributed by atoms with Crippen LogP contribution in [0.3, 0.4) is 0 Å². The molecule has 174 valence electrons. The lowest BCUT2D eigenvalue weighted by Crippen LogP contribution is -2.47. The van der Waals surface area contributed by atoms with E-state index in [9.17, 15) is 19.8 Å². The third-order valence-corrected chi connectivity index (χ3v) is 6.61. The van der Waals surface area contributed by atoms with Gasteiger partial charge in [0.05, 0.1) is 12.2 Å². The number of hydrogen-bond acceptors (Lipinski definition) is 5. The van der Waals surface area contributed by atoms with Crippen molar-refractivity contribution in [2.75, 3.05) is 6.61 Å². The summed E-state index contributed by atoms with van der Waals surface area (Å²) in [5.74, 6) is -1.02. The maximum absolute atomic E-state index is 12.8. The second kappa shape index (κ2) is 10.2. The van der Waals surface area contributed by atoms with Crippen LogP contribution in [-0.4, -0.2) is 34.2 Å². The fourth-order valence-electron chi connectivity index (χ4n) is 4.54. The van der Waals surface area contributed by atoms with Crippen LogP contribution >= 0.6 is 0 Å². The van der Waals surface area contributed by atoms with Crippen molar-refractivity contribution in [3.05, 3.63) is 47.2 Å². The molecule has 0 aliphatic heterocycles. The first kappa shape index (κ1) is 23.9. The number of ether oxygens (including phenoxy) is 2. The predicted molar refractivity (Wildman–Crippen MR) is 122 cm³/mol. The molecule has 0 bridgehead atoms. The van der Waals surface area contributed by atoms with Crippen LogP contribution in [0.25, 0.3) is 0 Å². The fourth-order valence-corrected chi connectivity index (χ4v) is 4.54. The number of phenolic OH excluding ortho intramolecular Hbond substituents is 1. The summed E-state index contributed by atoms with van der Waals surface area (Å²) in [4.78, 5) is 24.7. The number of carboxylic acids is 1. The van der Waals surface area contributed by atoms with Crippen molar-refractivity contribution in [2.45, 2.75) is 71.3 Å². The molecule has 0 spiro atoms. The summed E-state index contributed by atoms with van der Waals surface area (Å²) in [6, 6.07) is 3.22. The van der Waals surface area contributed by atoms with Crippen LogP contribution in [0, 0.1) is 18.8 Å². The van der Waals surface area contributed by atoms with E-state index in [0.717, 1.165) is 38.5 Å². The Kier molecular flexibility index (Phi) is 7.64. The van der Waals surface area contributed by atoms with E-state index >= 15 is 0 Å². The summed E-state index contributed by atoms with van der Waals surface area (Å²) in [7, 11) is 0. The van der Waals surface area contributed by atoms with Crippen molar-refractivity contribution in [3.63, 3.8) is 0 Å². The maximum Gasteiger partial charge on any atom is 0.314 e. The molecule has 0 radical (unpaired) electrons. The van der Waals surface area contributed by atoms with Crippen LogP contribution in [0.2, 0.25) is 0 Å². The number of carboxylic acid groups (broad SMARTS) is 1. The highest BCUT2D eigenvalue weighted by Gasteiger charge is 2.46. The molecule has 2 aliphatic carbocycles. The molecule has 1 saturated carbocycles. The van der Waals surface area contributed by atoms with Crippen molar-refractivity contribution < 1.29 is 29.3 Å². The van der Waals surface area contributed by atoms with Crippen LogP contribution in [0.1, 0.15) is 74.7 Å². The van der Waals surface area contributed by atoms with E-state index in [4.69, 9.17) is 9.47 Å². The second-order valence-corrected chi connectivity index (χ2v) is 9.01. The lowest BCUT2D eigenvalue weighted by molar-refractivity contribution is -0.146. The molecule has 2 unspecified atom stereocenters. The molecule has 6 heteroatoms. The standard InChI is InChI=1S/C26H34O6/c1-4-5-15-31-23-12-8-11-20(25(29)30)26(23,3)32-22-14-13-19(24(28)17(22)2)21(27)16-18-9-6-7-10-18/h8,11-14,18,20,28H,4-7,9-10,15-16H2,1-3H3,(H,29,30). The lowest BCUT2D eigenvalue weighted by atomic mass is 9.83. The highest BCUT2D eigenvalue weighted by molar-refractivity contribution is 5.99. The number of aliphatic carboxylic acids is 1. The van der Waals surface area contributed by atoms with Gasteiger partial charge in [0, 0.05) is 12.0 Å². The van der Waals surface area contributed by atoms with E-state index in [0.29, 0.717) is 41.6 Å². The van der Waals surface area contributed by atoms with Crippen molar-refractivity contribution in [3.8, 4) is 11.5 Å². The number of ketones is 1. The van der Waals surface area contributed by atoms with Gasteiger partial charge in [-0.1, -0.05) is 51.2 Å². The number of benzene rings is 1. The second-order valence-electron chi connectivity index (χ2n) is 9.01. The monoisotopic (exact) mass is 442 g/mol. The van der Waals surface area contributed by atoms with Gasteiger partial charge in [-0.25, -0.2) is 0 Å². The fraction of sp³-hybridized carbons (Fsp3) is 0.538. The number of hydrogen-bond donors (Lipinski definition) is 2. The van der Waals surface area contributed by atoms with Gasteiger partial charge in [0.15, 0.2) is 11.4 Å². The van der Waals surface area contributed by atoms with E-state index in [1.165, 1.54) is 0 Å². The van der Waals surface area contributed by atoms with Crippen LogP contribution in [0.5, 0.6) is 11.5 Å². The summed E-state index contributed by atoms with van der Waals surface area (Å²) in [5.41, 5.74) is -0.587. The Morgan fingerprint density at radius 2 is 1.94 bits per heavy atom. The first-order valence-corrected chi connectivity index (χ1v) is 11.6. The number of unbranched alkanes of at least 4 members (excludes halogenated alkanes) is 1. The van der Waals surface area contributed by atoms with E-state index < -0.39 is 17.5 Å². The highest BCUT2D eigenvalue weighted by Crippen LogP contribution is 2.40. The minimum atomic E-state index is -1.29. The van der Waals surface area contributed by atoms with E-state index in [1.54, 1.807) is 44.2 Å². The molecule has 32 heavy (non-hydrogen) atoms. The van der Waals surface area contributed by atoms with Gasteiger partial charge in [-0.2, -0.15) is 0 Å². The van der Waals surface area contributed by atoms with Crippen LogP contribution in [0.15, 0.2) is 36.1 Å². The molecule has 0 aromatic heterocycles. The number of phenols is 1. The van der Waals surface area contributed by atoms with Gasteiger partial charge in [0.2, 0.25) is 0 Å². The van der Waals surface area contributed by atoms with Crippen LogP contribution in [-0.2, 0) is 9.53 Å². The normalized spacial score (nSPS) is 23.1. The molecular formula is C26H34O6. The number of aromatic hydroxyl groups is 1. The van der Waals surface area contributed by atoms with Crippen molar-refractivity contribution in [1.82, 2.24) is 0 Å². The first-order chi connectivity index (χ1) is 15.3. The number of carbonyl (C=O) groups excluding carboxylic acids is 1. The van der Waals surface area contributed by atoms with Gasteiger partial charge < -0.3 is 19.7 Å². The Hall–Kier alpha value is -2.76. The summed E-state index contributed by atoms with van der Waals surface area (Å²) < 4.78 is 12.1. The van der Waals surface area contributed by atoms with E-state index in [2.05, 4.69) is 6.92 Å². The summed E-state index contributed by atoms with van der Waals surface area (Å²) in [5, 5.41) is 20.6. The SMILES string of the molecule is CCCCOC1=CC=CC(C(=O)O)C1(C)Oc1ccc(C(=O)CC2CCCC2)c(O)c1C. The molecule has 0 saturated heterocycles. The number of allylic oxidation sites excluding steroid dienone is 2. The minimum Gasteiger partial charge on any atom is -0.507 e. The zero-order valence-electron chi connectivity index (χ0n) is 19.2. The molecule has 1 fully saturated rings. The minimum absolute atomic E-state index is 0.0669. The number of carbonyl (C=O) groups is 2. The molecule has 2 aliphatic rings. The van der Waals surface area contributed by atoms with Crippen LogP contribution < -0.4 is 4.74 Å².